The Hall–Kier alpha value is -2.68. The lowest BCUT2D eigenvalue weighted by molar-refractivity contribution is 0.0782. The molecule has 2 fully saturated rings. The average Bonchev–Trinajstić information content (AvgIpc) is 3.44. The lowest BCUT2D eigenvalue weighted by atomic mass is 10.1. The van der Waals surface area contributed by atoms with Crippen molar-refractivity contribution in [2.45, 2.75) is 24.8 Å². The zero-order chi connectivity index (χ0) is 20.7. The van der Waals surface area contributed by atoms with E-state index in [1.165, 1.54) is 0 Å². The maximum absolute atomic E-state index is 13.0. The summed E-state index contributed by atoms with van der Waals surface area (Å²) in [4.78, 5) is 32.8. The van der Waals surface area contributed by atoms with Crippen molar-refractivity contribution in [3.05, 3.63) is 29.7 Å². The Balaban J connectivity index is 1.54. The Morgan fingerprint density at radius 3 is 2.45 bits per heavy atom. The summed E-state index contributed by atoms with van der Waals surface area (Å²) in [6.45, 7) is 2.85. The molecule has 2 aromatic heterocycles. The summed E-state index contributed by atoms with van der Waals surface area (Å²) in [6, 6.07) is 4.10. The Labute approximate surface area is 170 Å². The van der Waals surface area contributed by atoms with Crippen LogP contribution in [0.2, 0.25) is 0 Å². The highest BCUT2D eigenvalue weighted by Crippen LogP contribution is 2.27. The first-order valence-corrected chi connectivity index (χ1v) is 10.1. The van der Waals surface area contributed by atoms with Crippen LogP contribution in [0.15, 0.2) is 18.3 Å². The number of urea groups is 1. The highest BCUT2D eigenvalue weighted by molar-refractivity contribution is 5.94. The zero-order valence-electron chi connectivity index (χ0n) is 17.6. The summed E-state index contributed by atoms with van der Waals surface area (Å²) in [6.07, 6.45) is 3.69. The van der Waals surface area contributed by atoms with Gasteiger partial charge in [0.05, 0.1) is 5.56 Å². The SMILES string of the molecule is CN(C)C(=O)N1CC[C@@H](c2nnc3ccc(C(=O)N4CC[C@H](N(C)C)C4)cn23)C1. The number of amides is 3. The maximum atomic E-state index is 13.0. The number of pyridine rings is 1. The van der Waals surface area contributed by atoms with Crippen LogP contribution in [0.3, 0.4) is 0 Å². The van der Waals surface area contributed by atoms with Gasteiger partial charge in [-0.2, -0.15) is 0 Å². The van der Waals surface area contributed by atoms with E-state index in [1.807, 2.05) is 32.5 Å². The minimum atomic E-state index is 0.0154. The van der Waals surface area contributed by atoms with Crippen LogP contribution < -0.4 is 0 Å². The second-order valence-electron chi connectivity index (χ2n) is 8.47. The van der Waals surface area contributed by atoms with Gasteiger partial charge in [-0.1, -0.05) is 0 Å². The van der Waals surface area contributed by atoms with E-state index in [9.17, 15) is 9.59 Å². The van der Waals surface area contributed by atoms with Gasteiger partial charge in [-0.15, -0.1) is 10.2 Å². The molecule has 4 rings (SSSR count). The molecule has 2 aliphatic rings. The summed E-state index contributed by atoms with van der Waals surface area (Å²) < 4.78 is 1.92. The van der Waals surface area contributed by atoms with Crippen LogP contribution in [0.25, 0.3) is 5.65 Å². The van der Waals surface area contributed by atoms with E-state index in [-0.39, 0.29) is 17.9 Å². The van der Waals surface area contributed by atoms with Crippen molar-refractivity contribution < 1.29 is 9.59 Å². The van der Waals surface area contributed by atoms with Crippen LogP contribution in [0.1, 0.15) is 34.9 Å². The van der Waals surface area contributed by atoms with E-state index in [4.69, 9.17) is 0 Å². The first-order chi connectivity index (χ1) is 13.8. The average molecular weight is 399 g/mol. The van der Waals surface area contributed by atoms with Crippen LogP contribution in [0.5, 0.6) is 0 Å². The van der Waals surface area contributed by atoms with Gasteiger partial charge in [-0.25, -0.2) is 4.79 Å². The molecule has 3 amide bonds. The largest absolute Gasteiger partial charge is 0.337 e. The van der Waals surface area contributed by atoms with Crippen LogP contribution >= 0.6 is 0 Å². The molecule has 0 unspecified atom stereocenters. The number of rotatable bonds is 3. The van der Waals surface area contributed by atoms with Crippen LogP contribution in [-0.4, -0.2) is 107 Å². The Morgan fingerprint density at radius 1 is 1.00 bits per heavy atom. The molecule has 156 valence electrons. The highest BCUT2D eigenvalue weighted by Gasteiger charge is 2.32. The molecule has 2 aliphatic heterocycles. The molecule has 0 aromatic carbocycles. The number of likely N-dealkylation sites (tertiary alicyclic amines) is 2. The molecule has 4 heterocycles. The fourth-order valence-corrected chi connectivity index (χ4v) is 4.27. The lowest BCUT2D eigenvalue weighted by Gasteiger charge is -2.21. The van der Waals surface area contributed by atoms with Gasteiger partial charge in [0.1, 0.15) is 5.82 Å². The summed E-state index contributed by atoms with van der Waals surface area (Å²) in [5.41, 5.74) is 1.37. The molecule has 0 saturated carbocycles. The first-order valence-electron chi connectivity index (χ1n) is 10.1. The quantitative estimate of drug-likeness (QED) is 0.769. The minimum absolute atomic E-state index is 0.0154. The predicted octanol–water partition coefficient (Wildman–Crippen LogP) is 0.976. The molecule has 0 spiro atoms. The number of hydrogen-bond donors (Lipinski definition) is 0. The second kappa shape index (κ2) is 7.62. The van der Waals surface area contributed by atoms with E-state index >= 15 is 0 Å². The van der Waals surface area contributed by atoms with Crippen molar-refractivity contribution in [3.63, 3.8) is 0 Å². The molecular weight excluding hydrogens is 370 g/mol. The smallest absolute Gasteiger partial charge is 0.319 e. The third-order valence-corrected chi connectivity index (χ3v) is 6.06. The molecule has 2 atom stereocenters. The molecule has 0 bridgehead atoms. The van der Waals surface area contributed by atoms with Crippen LogP contribution in [-0.2, 0) is 0 Å². The number of likely N-dealkylation sites (N-methyl/N-ethyl adjacent to an activating group) is 1. The fraction of sp³-hybridized carbons (Fsp3) is 0.600. The first kappa shape index (κ1) is 19.6. The number of aromatic nitrogens is 3. The minimum Gasteiger partial charge on any atom is -0.337 e. The molecule has 0 radical (unpaired) electrons. The van der Waals surface area contributed by atoms with Gasteiger partial charge in [0.15, 0.2) is 5.65 Å². The van der Waals surface area contributed by atoms with E-state index < -0.39 is 0 Å². The van der Waals surface area contributed by atoms with Crippen molar-refractivity contribution in [1.29, 1.82) is 0 Å². The third-order valence-electron chi connectivity index (χ3n) is 6.06. The van der Waals surface area contributed by atoms with Crippen molar-refractivity contribution >= 4 is 17.6 Å². The van der Waals surface area contributed by atoms with Gasteiger partial charge < -0.3 is 19.6 Å². The second-order valence-corrected chi connectivity index (χ2v) is 8.47. The number of carbonyl (C=O) groups excluding carboxylic acids is 2. The number of carbonyl (C=O) groups is 2. The summed E-state index contributed by atoms with van der Waals surface area (Å²) in [5, 5.41) is 8.65. The molecule has 2 aromatic rings. The number of nitrogens with zero attached hydrogens (tertiary/aromatic N) is 7. The molecule has 2 saturated heterocycles. The van der Waals surface area contributed by atoms with Crippen LogP contribution in [0, 0.1) is 0 Å². The molecule has 29 heavy (non-hydrogen) atoms. The Kier molecular flexibility index (Phi) is 5.16. The van der Waals surface area contributed by atoms with E-state index in [0.717, 1.165) is 37.4 Å². The van der Waals surface area contributed by atoms with Crippen molar-refractivity contribution in [1.82, 2.24) is 34.2 Å². The molecule has 9 heteroatoms. The molecular formula is C20H29N7O2. The standard InChI is InChI=1S/C20H29N7O2/c1-23(2)16-8-10-25(13-16)19(28)15-5-6-17-21-22-18(27(17)12-15)14-7-9-26(11-14)20(29)24(3)4/h5-6,12,14,16H,7-11,13H2,1-4H3/t14-,16+/m1/s1. The normalized spacial score (nSPS) is 22.1. The van der Waals surface area contributed by atoms with Crippen molar-refractivity contribution in [2.24, 2.45) is 0 Å². The van der Waals surface area contributed by atoms with Gasteiger partial charge in [0.2, 0.25) is 0 Å². The lowest BCUT2D eigenvalue weighted by Crippen LogP contribution is -2.37. The van der Waals surface area contributed by atoms with Gasteiger partial charge in [0, 0.05) is 58.4 Å². The summed E-state index contributed by atoms with van der Waals surface area (Å²) in [5.74, 6) is 0.979. The summed E-state index contributed by atoms with van der Waals surface area (Å²) in [7, 11) is 7.64. The van der Waals surface area contributed by atoms with Gasteiger partial charge in [0.25, 0.3) is 5.91 Å². The van der Waals surface area contributed by atoms with Crippen molar-refractivity contribution in [2.75, 3.05) is 54.4 Å². The molecule has 0 aliphatic carbocycles. The van der Waals surface area contributed by atoms with Crippen LogP contribution in [0.4, 0.5) is 4.79 Å². The Morgan fingerprint density at radius 2 is 1.76 bits per heavy atom. The maximum Gasteiger partial charge on any atom is 0.319 e. The van der Waals surface area contributed by atoms with Gasteiger partial charge in [-0.05, 0) is 39.1 Å². The Bertz CT molecular complexity index is 923. The molecule has 0 N–H and O–H groups in total. The summed E-state index contributed by atoms with van der Waals surface area (Å²) >= 11 is 0. The highest BCUT2D eigenvalue weighted by atomic mass is 16.2. The third kappa shape index (κ3) is 3.66. The van der Waals surface area contributed by atoms with Gasteiger partial charge in [-0.3, -0.25) is 9.20 Å². The topological polar surface area (TPSA) is 77.3 Å². The zero-order valence-corrected chi connectivity index (χ0v) is 17.6. The van der Waals surface area contributed by atoms with Crippen molar-refractivity contribution in [3.8, 4) is 0 Å². The molecule has 9 nitrogen and oxygen atoms in total. The van der Waals surface area contributed by atoms with E-state index in [1.54, 1.807) is 19.0 Å². The number of hydrogen-bond acceptors (Lipinski definition) is 5. The van der Waals surface area contributed by atoms with E-state index in [0.29, 0.717) is 24.7 Å². The van der Waals surface area contributed by atoms with E-state index in [2.05, 4.69) is 29.2 Å². The monoisotopic (exact) mass is 399 g/mol. The predicted molar refractivity (Wildman–Crippen MR) is 109 cm³/mol. The van der Waals surface area contributed by atoms with Gasteiger partial charge >= 0.3 is 6.03 Å². The fourth-order valence-electron chi connectivity index (χ4n) is 4.27. The number of fused-ring (bicyclic) bond motifs is 1.